The number of aliphatic carboxylic acids is 1. The van der Waals surface area contributed by atoms with Crippen molar-refractivity contribution in [2.45, 2.75) is 46.1 Å². The molecule has 1 aromatic rings. The van der Waals surface area contributed by atoms with Gasteiger partial charge in [0.25, 0.3) is 0 Å². The summed E-state index contributed by atoms with van der Waals surface area (Å²) in [6, 6.07) is 4.94. The summed E-state index contributed by atoms with van der Waals surface area (Å²) in [5.74, 6) is -0.548. The lowest BCUT2D eigenvalue weighted by Crippen LogP contribution is -2.41. The van der Waals surface area contributed by atoms with Crippen LogP contribution in [0.4, 0.5) is 0 Å². The first-order valence-electron chi connectivity index (χ1n) is 7.16. The van der Waals surface area contributed by atoms with E-state index in [1.807, 2.05) is 39.0 Å². The highest BCUT2D eigenvalue weighted by molar-refractivity contribution is 5.83. The molecule has 1 amide bonds. The zero-order chi connectivity index (χ0) is 15.8. The van der Waals surface area contributed by atoms with Crippen molar-refractivity contribution in [3.8, 4) is 5.75 Å². The summed E-state index contributed by atoms with van der Waals surface area (Å²) in [6.45, 7) is 6.07. The molecular weight excluding hydrogens is 270 g/mol. The van der Waals surface area contributed by atoms with Crippen LogP contribution >= 0.6 is 0 Å². The van der Waals surface area contributed by atoms with E-state index in [9.17, 15) is 9.59 Å². The van der Waals surface area contributed by atoms with E-state index in [1.54, 1.807) is 0 Å². The van der Waals surface area contributed by atoms with Crippen LogP contribution in [-0.4, -0.2) is 29.6 Å². The number of ether oxygens (including phenoxy) is 1. The van der Waals surface area contributed by atoms with Crippen molar-refractivity contribution in [2.24, 2.45) is 0 Å². The average molecular weight is 293 g/mol. The normalized spacial score (nSPS) is 11.8. The summed E-state index contributed by atoms with van der Waals surface area (Å²) in [5.41, 5.74) is 2.18. The Morgan fingerprint density at radius 2 is 2.05 bits per heavy atom. The molecule has 5 heteroatoms. The van der Waals surface area contributed by atoms with E-state index in [1.165, 1.54) is 0 Å². The van der Waals surface area contributed by atoms with Crippen molar-refractivity contribution >= 4 is 11.9 Å². The van der Waals surface area contributed by atoms with Gasteiger partial charge >= 0.3 is 5.97 Å². The van der Waals surface area contributed by atoms with Gasteiger partial charge < -0.3 is 15.2 Å². The van der Waals surface area contributed by atoms with Crippen LogP contribution in [0, 0.1) is 13.8 Å². The molecule has 0 saturated heterocycles. The van der Waals surface area contributed by atoms with Gasteiger partial charge in [-0.25, -0.2) is 4.79 Å². The van der Waals surface area contributed by atoms with E-state index in [0.29, 0.717) is 12.8 Å². The fourth-order valence-corrected chi connectivity index (χ4v) is 1.95. The molecule has 0 fully saturated rings. The molecule has 0 aromatic heterocycles. The van der Waals surface area contributed by atoms with Gasteiger partial charge in [-0.1, -0.05) is 25.5 Å². The Morgan fingerprint density at radius 3 is 2.67 bits per heavy atom. The van der Waals surface area contributed by atoms with Gasteiger partial charge in [0.05, 0.1) is 13.0 Å². The fraction of sp³-hybridized carbons (Fsp3) is 0.500. The molecule has 0 saturated carbocycles. The van der Waals surface area contributed by atoms with Gasteiger partial charge in [0, 0.05) is 0 Å². The number of carboxylic acids is 1. The maximum atomic E-state index is 11.7. The lowest BCUT2D eigenvalue weighted by Gasteiger charge is -2.14. The fourth-order valence-electron chi connectivity index (χ4n) is 1.95. The van der Waals surface area contributed by atoms with Gasteiger partial charge in [0.1, 0.15) is 11.8 Å². The first-order valence-corrected chi connectivity index (χ1v) is 7.16. The predicted octanol–water partition coefficient (Wildman–Crippen LogP) is 2.44. The molecule has 0 bridgehead atoms. The number of carboxylic acid groups (broad SMARTS) is 1. The van der Waals surface area contributed by atoms with Crippen molar-refractivity contribution in [3.05, 3.63) is 29.3 Å². The van der Waals surface area contributed by atoms with Gasteiger partial charge in [-0.15, -0.1) is 0 Å². The lowest BCUT2D eigenvalue weighted by molar-refractivity contribution is -0.142. The maximum Gasteiger partial charge on any atom is 0.326 e. The summed E-state index contributed by atoms with van der Waals surface area (Å²) >= 11 is 0. The number of carbonyl (C=O) groups excluding carboxylic acids is 1. The van der Waals surface area contributed by atoms with E-state index < -0.39 is 12.0 Å². The SMILES string of the molecule is CCC[C@H](NC(=O)CCOc1cccc(C)c1C)C(=O)O. The summed E-state index contributed by atoms with van der Waals surface area (Å²) in [4.78, 5) is 22.7. The van der Waals surface area contributed by atoms with Gasteiger partial charge in [-0.3, -0.25) is 4.79 Å². The Hall–Kier alpha value is -2.04. The van der Waals surface area contributed by atoms with E-state index in [0.717, 1.165) is 16.9 Å². The zero-order valence-electron chi connectivity index (χ0n) is 12.8. The minimum atomic E-state index is -0.999. The van der Waals surface area contributed by atoms with Crippen molar-refractivity contribution in [1.82, 2.24) is 5.32 Å². The van der Waals surface area contributed by atoms with E-state index in [2.05, 4.69) is 5.32 Å². The number of amides is 1. The molecule has 0 spiro atoms. The topological polar surface area (TPSA) is 75.6 Å². The van der Waals surface area contributed by atoms with Crippen LogP contribution in [0.2, 0.25) is 0 Å². The molecular formula is C16H23NO4. The first-order chi connectivity index (χ1) is 9.95. The van der Waals surface area contributed by atoms with Gasteiger partial charge in [-0.05, 0) is 37.5 Å². The summed E-state index contributed by atoms with van der Waals surface area (Å²) in [7, 11) is 0. The van der Waals surface area contributed by atoms with Crippen molar-refractivity contribution in [2.75, 3.05) is 6.61 Å². The molecule has 0 unspecified atom stereocenters. The van der Waals surface area contributed by atoms with Crippen LogP contribution in [0.5, 0.6) is 5.75 Å². The Morgan fingerprint density at radius 1 is 1.33 bits per heavy atom. The molecule has 0 aliphatic heterocycles. The highest BCUT2D eigenvalue weighted by atomic mass is 16.5. The summed E-state index contributed by atoms with van der Waals surface area (Å²) in [5, 5.41) is 11.5. The second kappa shape index (κ2) is 8.29. The molecule has 0 radical (unpaired) electrons. The molecule has 0 aliphatic carbocycles. The largest absolute Gasteiger partial charge is 0.493 e. The van der Waals surface area contributed by atoms with E-state index in [4.69, 9.17) is 9.84 Å². The van der Waals surface area contributed by atoms with Crippen molar-refractivity contribution < 1.29 is 19.4 Å². The molecule has 1 atom stereocenters. The molecule has 116 valence electrons. The number of nitrogens with one attached hydrogen (secondary N) is 1. The second-order valence-corrected chi connectivity index (χ2v) is 5.04. The van der Waals surface area contributed by atoms with E-state index in [-0.39, 0.29) is 18.9 Å². The average Bonchev–Trinajstić information content (AvgIpc) is 2.43. The minimum absolute atomic E-state index is 0.140. The van der Waals surface area contributed by atoms with Crippen LogP contribution in [0.25, 0.3) is 0 Å². The number of benzene rings is 1. The molecule has 5 nitrogen and oxygen atoms in total. The third-order valence-electron chi connectivity index (χ3n) is 3.35. The number of carbonyl (C=O) groups is 2. The van der Waals surface area contributed by atoms with Crippen LogP contribution < -0.4 is 10.1 Å². The first kappa shape index (κ1) is 17.0. The zero-order valence-corrected chi connectivity index (χ0v) is 12.8. The standard InChI is InChI=1S/C16H23NO4/c1-4-6-13(16(19)20)17-15(18)9-10-21-14-8-5-7-11(2)12(14)3/h5,7-8,13H,4,6,9-10H2,1-3H3,(H,17,18)(H,19,20)/t13-/m0/s1. The van der Waals surface area contributed by atoms with Gasteiger partial charge in [0.15, 0.2) is 0 Å². The lowest BCUT2D eigenvalue weighted by atomic mass is 10.1. The number of hydrogen-bond donors (Lipinski definition) is 2. The summed E-state index contributed by atoms with van der Waals surface area (Å²) < 4.78 is 5.58. The molecule has 1 aromatic carbocycles. The predicted molar refractivity (Wildman–Crippen MR) is 80.5 cm³/mol. The minimum Gasteiger partial charge on any atom is -0.493 e. The monoisotopic (exact) mass is 293 g/mol. The molecule has 0 heterocycles. The quantitative estimate of drug-likeness (QED) is 0.772. The third-order valence-corrected chi connectivity index (χ3v) is 3.35. The highest BCUT2D eigenvalue weighted by Crippen LogP contribution is 2.20. The number of aryl methyl sites for hydroxylation is 1. The Labute approximate surface area is 125 Å². The van der Waals surface area contributed by atoms with Crippen molar-refractivity contribution in [3.63, 3.8) is 0 Å². The van der Waals surface area contributed by atoms with Crippen molar-refractivity contribution in [1.29, 1.82) is 0 Å². The molecule has 0 aliphatic rings. The smallest absolute Gasteiger partial charge is 0.326 e. The maximum absolute atomic E-state index is 11.7. The molecule has 1 rings (SSSR count). The molecule has 2 N–H and O–H groups in total. The number of hydrogen-bond acceptors (Lipinski definition) is 3. The van der Waals surface area contributed by atoms with Crippen LogP contribution in [0.3, 0.4) is 0 Å². The van der Waals surface area contributed by atoms with Crippen LogP contribution in [0.15, 0.2) is 18.2 Å². The Balaban J connectivity index is 2.43. The Kier molecular flexibility index (Phi) is 6.72. The highest BCUT2D eigenvalue weighted by Gasteiger charge is 2.18. The second-order valence-electron chi connectivity index (χ2n) is 5.04. The van der Waals surface area contributed by atoms with Gasteiger partial charge in [0.2, 0.25) is 5.91 Å². The summed E-state index contributed by atoms with van der Waals surface area (Å²) in [6.07, 6.45) is 1.27. The third kappa shape index (κ3) is 5.45. The van der Waals surface area contributed by atoms with Gasteiger partial charge in [-0.2, -0.15) is 0 Å². The Bertz CT molecular complexity index is 499. The number of rotatable bonds is 8. The van der Waals surface area contributed by atoms with Crippen LogP contribution in [-0.2, 0) is 9.59 Å². The van der Waals surface area contributed by atoms with Crippen LogP contribution in [0.1, 0.15) is 37.3 Å². The van der Waals surface area contributed by atoms with E-state index >= 15 is 0 Å². The molecule has 21 heavy (non-hydrogen) atoms.